The molecule has 2 saturated heterocycles. The minimum atomic E-state index is 0.563. The van der Waals surface area contributed by atoms with Crippen molar-refractivity contribution in [2.45, 2.75) is 104 Å². The van der Waals surface area contributed by atoms with Gasteiger partial charge in [0.1, 0.15) is 0 Å². The highest BCUT2D eigenvalue weighted by atomic mass is 15.2. The lowest BCUT2D eigenvalue weighted by Gasteiger charge is -2.58. The summed E-state index contributed by atoms with van der Waals surface area (Å²) in [6.45, 7) is 12.0. The first-order valence-electron chi connectivity index (χ1n) is 12.9. The molecule has 6 rings (SSSR count). The summed E-state index contributed by atoms with van der Waals surface area (Å²) in [6.07, 6.45) is 17.6. The highest BCUT2D eigenvalue weighted by Crippen LogP contribution is 2.69. The summed E-state index contributed by atoms with van der Waals surface area (Å²) < 4.78 is 0. The Morgan fingerprint density at radius 2 is 1.82 bits per heavy atom. The van der Waals surface area contributed by atoms with Gasteiger partial charge < -0.3 is 0 Å². The van der Waals surface area contributed by atoms with Gasteiger partial charge in [0.05, 0.1) is 0 Å². The minimum Gasteiger partial charge on any atom is -0.297 e. The molecule has 28 heavy (non-hydrogen) atoms. The molecule has 1 nitrogen and oxygen atoms in total. The monoisotopic (exact) mass is 381 g/mol. The molecule has 2 aliphatic heterocycles. The fourth-order valence-corrected chi connectivity index (χ4v) is 10.4. The molecule has 0 aromatic carbocycles. The molecular weight excluding hydrogens is 338 g/mol. The summed E-state index contributed by atoms with van der Waals surface area (Å²) in [5.74, 6) is 5.83. The van der Waals surface area contributed by atoms with Gasteiger partial charge in [0, 0.05) is 18.6 Å². The highest BCUT2D eigenvalue weighted by Gasteiger charge is 2.66. The number of hydrogen-bond acceptors (Lipinski definition) is 1. The van der Waals surface area contributed by atoms with Crippen LogP contribution in [0.2, 0.25) is 0 Å². The van der Waals surface area contributed by atoms with Gasteiger partial charge in [-0.25, -0.2) is 0 Å². The van der Waals surface area contributed by atoms with E-state index in [2.05, 4.69) is 38.7 Å². The third-order valence-electron chi connectivity index (χ3n) is 11.6. The van der Waals surface area contributed by atoms with E-state index in [1.165, 1.54) is 70.8 Å². The molecule has 1 heteroatoms. The smallest absolute Gasteiger partial charge is 0.0138 e. The van der Waals surface area contributed by atoms with E-state index in [0.717, 1.165) is 47.6 Å². The van der Waals surface area contributed by atoms with Gasteiger partial charge in [0.25, 0.3) is 0 Å². The normalized spacial score (nSPS) is 58.2. The Labute approximate surface area is 173 Å². The van der Waals surface area contributed by atoms with Crippen LogP contribution < -0.4 is 0 Å². The third-order valence-corrected chi connectivity index (χ3v) is 11.6. The molecule has 10 atom stereocenters. The Morgan fingerprint density at radius 3 is 2.68 bits per heavy atom. The molecule has 2 heterocycles. The predicted molar refractivity (Wildman–Crippen MR) is 117 cm³/mol. The number of hydrogen-bond donors (Lipinski definition) is 0. The quantitative estimate of drug-likeness (QED) is 0.423. The average molecular weight is 382 g/mol. The number of fused-ring (bicyclic) bond motifs is 9. The van der Waals surface area contributed by atoms with Crippen LogP contribution in [-0.2, 0) is 0 Å². The lowest BCUT2D eigenvalue weighted by molar-refractivity contribution is -0.0501. The topological polar surface area (TPSA) is 3.24 Å². The van der Waals surface area contributed by atoms with Crippen LogP contribution in [0.4, 0.5) is 0 Å². The Kier molecular flexibility index (Phi) is 4.03. The first-order chi connectivity index (χ1) is 13.4. The molecule has 156 valence electrons. The van der Waals surface area contributed by atoms with Crippen LogP contribution in [0.3, 0.4) is 0 Å². The van der Waals surface area contributed by atoms with Crippen LogP contribution in [0, 0.1) is 46.3 Å². The van der Waals surface area contributed by atoms with Crippen LogP contribution in [0.5, 0.6) is 0 Å². The van der Waals surface area contributed by atoms with Crippen molar-refractivity contribution < 1.29 is 0 Å². The van der Waals surface area contributed by atoms with Crippen molar-refractivity contribution in [1.29, 1.82) is 0 Å². The molecule has 6 aliphatic rings. The molecule has 9 unspecified atom stereocenters. The minimum absolute atomic E-state index is 0.563. The van der Waals surface area contributed by atoms with Crippen molar-refractivity contribution >= 4 is 0 Å². The molecule has 0 spiro atoms. The van der Waals surface area contributed by atoms with Crippen LogP contribution >= 0.6 is 0 Å². The molecule has 0 amide bonds. The van der Waals surface area contributed by atoms with Gasteiger partial charge in [0.2, 0.25) is 0 Å². The summed E-state index contributed by atoms with van der Waals surface area (Å²) in [4.78, 5) is 3.05. The average Bonchev–Trinajstić information content (AvgIpc) is 3.14. The van der Waals surface area contributed by atoms with Gasteiger partial charge in [-0.1, -0.05) is 45.8 Å². The first-order valence-corrected chi connectivity index (χ1v) is 12.9. The van der Waals surface area contributed by atoms with Crippen LogP contribution in [-0.4, -0.2) is 23.5 Å². The largest absolute Gasteiger partial charge is 0.297 e. The van der Waals surface area contributed by atoms with Crippen molar-refractivity contribution in [3.63, 3.8) is 0 Å². The summed E-state index contributed by atoms with van der Waals surface area (Å²) in [5.41, 5.74) is 3.07. The van der Waals surface area contributed by atoms with Crippen LogP contribution in [0.25, 0.3) is 0 Å². The summed E-state index contributed by atoms with van der Waals surface area (Å²) in [6, 6.07) is 1.83. The maximum Gasteiger partial charge on any atom is 0.0138 e. The van der Waals surface area contributed by atoms with E-state index in [9.17, 15) is 0 Å². The van der Waals surface area contributed by atoms with E-state index >= 15 is 0 Å². The first kappa shape index (κ1) is 18.5. The zero-order valence-corrected chi connectivity index (χ0v) is 18.9. The zero-order chi connectivity index (χ0) is 19.3. The van der Waals surface area contributed by atoms with Gasteiger partial charge in [-0.15, -0.1) is 0 Å². The van der Waals surface area contributed by atoms with E-state index in [1.54, 1.807) is 0 Å². The summed E-state index contributed by atoms with van der Waals surface area (Å²) >= 11 is 0. The van der Waals surface area contributed by atoms with Gasteiger partial charge in [-0.3, -0.25) is 4.90 Å². The molecular formula is C27H43N. The molecule has 5 fully saturated rings. The number of piperidine rings is 1. The maximum absolute atomic E-state index is 3.05. The Hall–Kier alpha value is -0.300. The van der Waals surface area contributed by atoms with Crippen molar-refractivity contribution in [1.82, 2.24) is 4.90 Å². The lowest BCUT2D eigenvalue weighted by Crippen LogP contribution is -2.50. The standard InChI is InChI=1S/C27H43N/c1-17-8-11-23-18(2)25-24(28(23)16-17)15-22-20-10-9-19-7-5-6-13-26(19,3)21(20)12-14-27(22,25)4/h9,17-18,20-25H,5-8,10-16H2,1-4H3/t17-,18?,20?,21?,22?,23?,24?,25?,26?,27?/m0/s1. The molecule has 0 aromatic heterocycles. The SMILES string of the molecule is CC1C2CC[C@H](C)CN2C2CC3C4CC=C5CCCCC5(C)C4CCC3(C)C12. The van der Waals surface area contributed by atoms with Crippen LogP contribution in [0.15, 0.2) is 11.6 Å². The van der Waals surface area contributed by atoms with Crippen LogP contribution in [0.1, 0.15) is 91.9 Å². The van der Waals surface area contributed by atoms with Gasteiger partial charge in [-0.2, -0.15) is 0 Å². The number of allylic oxidation sites excluding steroid dienone is 2. The molecule has 3 saturated carbocycles. The zero-order valence-electron chi connectivity index (χ0n) is 18.9. The van der Waals surface area contributed by atoms with Gasteiger partial charge in [-0.05, 0) is 104 Å². The van der Waals surface area contributed by atoms with Crippen molar-refractivity contribution in [3.05, 3.63) is 11.6 Å². The Morgan fingerprint density at radius 1 is 0.964 bits per heavy atom. The number of rotatable bonds is 0. The summed E-state index contributed by atoms with van der Waals surface area (Å²) in [5, 5.41) is 0. The molecule has 0 radical (unpaired) electrons. The lowest BCUT2D eigenvalue weighted by atomic mass is 9.47. The van der Waals surface area contributed by atoms with Gasteiger partial charge >= 0.3 is 0 Å². The second kappa shape index (κ2) is 6.12. The Balaban J connectivity index is 1.34. The highest BCUT2D eigenvalue weighted by molar-refractivity contribution is 5.26. The summed E-state index contributed by atoms with van der Waals surface area (Å²) in [7, 11) is 0. The van der Waals surface area contributed by atoms with Crippen molar-refractivity contribution in [2.24, 2.45) is 46.3 Å². The molecule has 4 aliphatic carbocycles. The van der Waals surface area contributed by atoms with E-state index in [0.29, 0.717) is 10.8 Å². The fourth-order valence-electron chi connectivity index (χ4n) is 10.4. The van der Waals surface area contributed by atoms with Crippen molar-refractivity contribution in [2.75, 3.05) is 6.54 Å². The molecule has 0 N–H and O–H groups in total. The van der Waals surface area contributed by atoms with E-state index < -0.39 is 0 Å². The molecule has 0 bridgehead atoms. The second-order valence-electron chi connectivity index (χ2n) is 12.6. The fraction of sp³-hybridized carbons (Fsp3) is 0.926. The van der Waals surface area contributed by atoms with E-state index in [-0.39, 0.29) is 0 Å². The van der Waals surface area contributed by atoms with E-state index in [1.807, 2.05) is 5.57 Å². The maximum atomic E-state index is 3.05. The molecule has 0 aromatic rings. The van der Waals surface area contributed by atoms with Gasteiger partial charge in [0.15, 0.2) is 0 Å². The Bertz CT molecular complexity index is 680. The van der Waals surface area contributed by atoms with Crippen molar-refractivity contribution in [3.8, 4) is 0 Å². The third kappa shape index (κ3) is 2.24. The second-order valence-corrected chi connectivity index (χ2v) is 12.6. The van der Waals surface area contributed by atoms with E-state index in [4.69, 9.17) is 0 Å². The number of nitrogens with zero attached hydrogens (tertiary/aromatic N) is 1. The predicted octanol–water partition coefficient (Wildman–Crippen LogP) is 6.68.